The van der Waals surface area contributed by atoms with Crippen LogP contribution >= 0.6 is 0 Å². The smallest absolute Gasteiger partial charge is 0.235 e. The molecule has 0 aliphatic heterocycles. The van der Waals surface area contributed by atoms with Crippen LogP contribution < -0.4 is 10.5 Å². The highest BCUT2D eigenvalue weighted by atomic mass is 32.2. The summed E-state index contributed by atoms with van der Waals surface area (Å²) in [6.45, 7) is 6.96. The van der Waals surface area contributed by atoms with Crippen LogP contribution in [0.25, 0.3) is 0 Å². The lowest BCUT2D eigenvalue weighted by Gasteiger charge is -2.14. The summed E-state index contributed by atoms with van der Waals surface area (Å²) in [5.41, 5.74) is 8.70. The Bertz CT molecular complexity index is 493. The van der Waals surface area contributed by atoms with Crippen molar-refractivity contribution in [3.05, 3.63) is 23.3 Å². The van der Waals surface area contributed by atoms with Gasteiger partial charge < -0.3 is 5.73 Å². The third kappa shape index (κ3) is 2.66. The van der Waals surface area contributed by atoms with E-state index in [1.165, 1.54) is 0 Å². The van der Waals surface area contributed by atoms with Gasteiger partial charge in [-0.1, -0.05) is 0 Å². The van der Waals surface area contributed by atoms with Crippen LogP contribution in [0.3, 0.4) is 0 Å². The third-order valence-corrected chi connectivity index (χ3v) is 4.23. The minimum absolute atomic E-state index is 0.454. The Hall–Kier alpha value is -1.23. The summed E-state index contributed by atoms with van der Waals surface area (Å²) in [4.78, 5) is 0. The normalized spacial score (nSPS) is 11.8. The first kappa shape index (κ1) is 12.8. The fourth-order valence-corrected chi connectivity index (χ4v) is 1.98. The van der Waals surface area contributed by atoms with Gasteiger partial charge in [0.15, 0.2) is 0 Å². The second-order valence-corrected chi connectivity index (χ2v) is 6.46. The molecule has 0 unspecified atom stereocenters. The number of aryl methyl sites for hydroxylation is 2. The summed E-state index contributed by atoms with van der Waals surface area (Å²) in [6.07, 6.45) is 0. The van der Waals surface area contributed by atoms with Crippen LogP contribution in [0, 0.1) is 13.8 Å². The molecule has 0 aliphatic carbocycles. The van der Waals surface area contributed by atoms with E-state index >= 15 is 0 Å². The first-order valence-corrected chi connectivity index (χ1v) is 6.67. The zero-order chi connectivity index (χ0) is 12.5. The first-order chi connectivity index (χ1) is 7.24. The Morgan fingerprint density at radius 3 is 2.25 bits per heavy atom. The molecule has 0 heterocycles. The van der Waals surface area contributed by atoms with Gasteiger partial charge in [0, 0.05) is 5.69 Å². The summed E-state index contributed by atoms with van der Waals surface area (Å²) in [7, 11) is -3.29. The molecule has 16 heavy (non-hydrogen) atoms. The van der Waals surface area contributed by atoms with Gasteiger partial charge in [0.05, 0.1) is 10.9 Å². The number of benzene rings is 1. The van der Waals surface area contributed by atoms with Gasteiger partial charge in [0.1, 0.15) is 0 Å². The predicted molar refractivity (Wildman–Crippen MR) is 68.0 cm³/mol. The van der Waals surface area contributed by atoms with Gasteiger partial charge >= 0.3 is 0 Å². The second kappa shape index (κ2) is 4.33. The Balaban J connectivity index is 3.13. The topological polar surface area (TPSA) is 72.2 Å². The predicted octanol–water partition coefficient (Wildman–Crippen LogP) is 2.04. The molecule has 0 atom stereocenters. The van der Waals surface area contributed by atoms with Crippen LogP contribution in [0.15, 0.2) is 12.1 Å². The summed E-state index contributed by atoms with van der Waals surface area (Å²) >= 11 is 0. The van der Waals surface area contributed by atoms with E-state index in [0.717, 1.165) is 11.1 Å². The maximum Gasteiger partial charge on any atom is 0.235 e. The molecule has 0 aromatic heterocycles. The molecule has 0 aliphatic rings. The van der Waals surface area contributed by atoms with Crippen LogP contribution in [0.5, 0.6) is 0 Å². The van der Waals surface area contributed by atoms with Crippen LogP contribution in [-0.4, -0.2) is 13.7 Å². The van der Waals surface area contributed by atoms with Crippen LogP contribution in [0.1, 0.15) is 25.0 Å². The lowest BCUT2D eigenvalue weighted by molar-refractivity contribution is 0.592. The van der Waals surface area contributed by atoms with E-state index in [9.17, 15) is 8.42 Å². The van der Waals surface area contributed by atoms with Gasteiger partial charge in [0.2, 0.25) is 10.0 Å². The number of sulfonamides is 1. The molecule has 4 nitrogen and oxygen atoms in total. The summed E-state index contributed by atoms with van der Waals surface area (Å²) in [6, 6.07) is 3.53. The van der Waals surface area contributed by atoms with Crippen molar-refractivity contribution in [2.75, 3.05) is 10.5 Å². The molecule has 1 aromatic rings. The third-order valence-electron chi connectivity index (χ3n) is 2.49. The van der Waals surface area contributed by atoms with E-state index in [4.69, 9.17) is 5.73 Å². The van der Waals surface area contributed by atoms with E-state index in [-0.39, 0.29) is 0 Å². The largest absolute Gasteiger partial charge is 0.399 e. The molecule has 0 spiro atoms. The van der Waals surface area contributed by atoms with Gasteiger partial charge in [-0.05, 0) is 51.0 Å². The second-order valence-electron chi connectivity index (χ2n) is 4.22. The Morgan fingerprint density at radius 2 is 1.75 bits per heavy atom. The summed E-state index contributed by atoms with van der Waals surface area (Å²) < 4.78 is 26.0. The molecule has 1 rings (SSSR count). The molecule has 5 heteroatoms. The number of rotatable bonds is 3. The molecule has 3 N–H and O–H groups in total. The van der Waals surface area contributed by atoms with E-state index < -0.39 is 15.3 Å². The molecule has 0 fully saturated rings. The highest BCUT2D eigenvalue weighted by Crippen LogP contribution is 2.23. The fourth-order valence-electron chi connectivity index (χ4n) is 1.22. The summed E-state index contributed by atoms with van der Waals surface area (Å²) in [5, 5.41) is -0.454. The maximum absolute atomic E-state index is 11.7. The Kier molecular flexibility index (Phi) is 3.48. The van der Waals surface area contributed by atoms with Gasteiger partial charge in [-0.2, -0.15) is 0 Å². The quantitative estimate of drug-likeness (QED) is 0.797. The zero-order valence-electron chi connectivity index (χ0n) is 10.0. The molecular formula is C11H18N2O2S. The minimum Gasteiger partial charge on any atom is -0.399 e. The Labute approximate surface area is 96.9 Å². The Morgan fingerprint density at radius 1 is 1.19 bits per heavy atom. The van der Waals surface area contributed by atoms with Crippen LogP contribution in [0.2, 0.25) is 0 Å². The molecule has 0 saturated heterocycles. The molecule has 90 valence electrons. The van der Waals surface area contributed by atoms with Crippen molar-refractivity contribution in [1.82, 2.24) is 0 Å². The number of anilines is 2. The van der Waals surface area contributed by atoms with Crippen molar-refractivity contribution < 1.29 is 8.42 Å². The van der Waals surface area contributed by atoms with Gasteiger partial charge in [-0.15, -0.1) is 0 Å². The minimum atomic E-state index is -3.29. The standard InChI is InChI=1S/C11H18N2O2S/c1-7(2)16(14,15)13-11-6-8(3)10(12)5-9(11)4/h5-7,13H,12H2,1-4H3. The first-order valence-electron chi connectivity index (χ1n) is 5.12. The SMILES string of the molecule is Cc1cc(NS(=O)(=O)C(C)C)c(C)cc1N. The van der Waals surface area contributed by atoms with E-state index in [2.05, 4.69) is 4.72 Å². The average Bonchev–Trinajstić information content (AvgIpc) is 2.13. The lowest BCUT2D eigenvalue weighted by atomic mass is 10.1. The van der Waals surface area contributed by atoms with E-state index in [1.54, 1.807) is 26.0 Å². The fraction of sp³-hybridized carbons (Fsp3) is 0.455. The zero-order valence-corrected chi connectivity index (χ0v) is 10.9. The number of hydrogen-bond donors (Lipinski definition) is 2. The van der Waals surface area contributed by atoms with Gasteiger partial charge in [-0.3, -0.25) is 4.72 Å². The maximum atomic E-state index is 11.7. The number of hydrogen-bond acceptors (Lipinski definition) is 3. The molecule has 1 aromatic carbocycles. The summed E-state index contributed by atoms with van der Waals surface area (Å²) in [5.74, 6) is 0. The van der Waals surface area contributed by atoms with Crippen molar-refractivity contribution in [2.24, 2.45) is 0 Å². The van der Waals surface area contributed by atoms with Gasteiger partial charge in [-0.25, -0.2) is 8.42 Å². The van der Waals surface area contributed by atoms with E-state index in [1.807, 2.05) is 13.8 Å². The molecule has 0 radical (unpaired) electrons. The lowest BCUT2D eigenvalue weighted by Crippen LogP contribution is -2.23. The van der Waals surface area contributed by atoms with Crippen molar-refractivity contribution in [2.45, 2.75) is 32.9 Å². The average molecular weight is 242 g/mol. The van der Waals surface area contributed by atoms with E-state index in [0.29, 0.717) is 11.4 Å². The highest BCUT2D eigenvalue weighted by Gasteiger charge is 2.16. The van der Waals surface area contributed by atoms with Crippen LogP contribution in [0.4, 0.5) is 11.4 Å². The number of nitrogens with two attached hydrogens (primary N) is 1. The molecular weight excluding hydrogens is 224 g/mol. The van der Waals surface area contributed by atoms with Crippen molar-refractivity contribution in [1.29, 1.82) is 0 Å². The van der Waals surface area contributed by atoms with Crippen LogP contribution in [-0.2, 0) is 10.0 Å². The number of nitrogens with one attached hydrogen (secondary N) is 1. The molecule has 0 saturated carbocycles. The number of nitrogen functional groups attached to an aromatic ring is 1. The van der Waals surface area contributed by atoms with Crippen molar-refractivity contribution >= 4 is 21.4 Å². The van der Waals surface area contributed by atoms with Crippen molar-refractivity contribution in [3.63, 3.8) is 0 Å². The highest BCUT2D eigenvalue weighted by molar-refractivity contribution is 7.93. The monoisotopic (exact) mass is 242 g/mol. The van der Waals surface area contributed by atoms with Crippen molar-refractivity contribution in [3.8, 4) is 0 Å². The van der Waals surface area contributed by atoms with Gasteiger partial charge in [0.25, 0.3) is 0 Å². The molecule has 0 bridgehead atoms. The molecule has 0 amide bonds.